The SMILES string of the molecule is Clc1cc(CNCCN2CCCCC2)cc2c1OCO2. The van der Waals surface area contributed by atoms with Crippen LogP contribution in [0.3, 0.4) is 0 Å². The molecule has 0 saturated carbocycles. The molecule has 110 valence electrons. The number of hydrogen-bond donors (Lipinski definition) is 1. The van der Waals surface area contributed by atoms with Gasteiger partial charge in [0, 0.05) is 19.6 Å². The summed E-state index contributed by atoms with van der Waals surface area (Å²) in [7, 11) is 0. The van der Waals surface area contributed by atoms with Crippen molar-refractivity contribution in [1.82, 2.24) is 10.2 Å². The number of rotatable bonds is 5. The Balaban J connectivity index is 1.45. The summed E-state index contributed by atoms with van der Waals surface area (Å²) >= 11 is 6.17. The first-order valence-corrected chi connectivity index (χ1v) is 7.72. The molecule has 0 amide bonds. The molecule has 0 bridgehead atoms. The standard InChI is InChI=1S/C15H21ClN2O2/c16-13-8-12(9-14-15(13)20-11-19-14)10-17-4-7-18-5-2-1-3-6-18/h8-9,17H,1-7,10-11H2. The maximum Gasteiger partial charge on any atom is 0.231 e. The first kappa shape index (κ1) is 14.0. The topological polar surface area (TPSA) is 33.7 Å². The van der Waals surface area contributed by atoms with Crippen LogP contribution in [0.4, 0.5) is 0 Å². The van der Waals surface area contributed by atoms with Crippen LogP contribution >= 0.6 is 11.6 Å². The van der Waals surface area contributed by atoms with Gasteiger partial charge in [-0.3, -0.25) is 0 Å². The van der Waals surface area contributed by atoms with Crippen LogP contribution in [-0.4, -0.2) is 37.9 Å². The number of nitrogens with one attached hydrogen (secondary N) is 1. The average molecular weight is 297 g/mol. The summed E-state index contributed by atoms with van der Waals surface area (Å²) in [5, 5.41) is 4.10. The van der Waals surface area contributed by atoms with Crippen molar-refractivity contribution in [2.45, 2.75) is 25.8 Å². The third kappa shape index (κ3) is 3.37. The molecule has 20 heavy (non-hydrogen) atoms. The molecule has 2 heterocycles. The number of likely N-dealkylation sites (tertiary alicyclic amines) is 1. The summed E-state index contributed by atoms with van der Waals surface area (Å²) in [6.07, 6.45) is 4.08. The highest BCUT2D eigenvalue weighted by molar-refractivity contribution is 6.32. The van der Waals surface area contributed by atoms with E-state index in [1.807, 2.05) is 12.1 Å². The molecule has 0 aromatic heterocycles. The van der Waals surface area contributed by atoms with Crippen LogP contribution < -0.4 is 14.8 Å². The molecule has 0 aliphatic carbocycles. The van der Waals surface area contributed by atoms with Gasteiger partial charge in [-0.25, -0.2) is 0 Å². The van der Waals surface area contributed by atoms with E-state index in [0.717, 1.165) is 30.9 Å². The van der Waals surface area contributed by atoms with Crippen LogP contribution in [0.1, 0.15) is 24.8 Å². The van der Waals surface area contributed by atoms with E-state index in [0.29, 0.717) is 10.8 Å². The first-order valence-electron chi connectivity index (χ1n) is 7.34. The van der Waals surface area contributed by atoms with Crippen molar-refractivity contribution < 1.29 is 9.47 Å². The molecule has 1 fully saturated rings. The van der Waals surface area contributed by atoms with Gasteiger partial charge in [-0.05, 0) is 43.6 Å². The smallest absolute Gasteiger partial charge is 0.231 e. The van der Waals surface area contributed by atoms with E-state index in [1.165, 1.54) is 32.4 Å². The Kier molecular flexibility index (Phi) is 4.65. The van der Waals surface area contributed by atoms with Crippen molar-refractivity contribution in [3.63, 3.8) is 0 Å². The average Bonchev–Trinajstić information content (AvgIpc) is 2.94. The highest BCUT2D eigenvalue weighted by atomic mass is 35.5. The van der Waals surface area contributed by atoms with Gasteiger partial charge in [0.2, 0.25) is 6.79 Å². The Hall–Kier alpha value is -0.970. The summed E-state index contributed by atoms with van der Waals surface area (Å²) in [4.78, 5) is 2.53. The number of ether oxygens (including phenoxy) is 2. The second-order valence-corrected chi connectivity index (χ2v) is 5.80. The monoisotopic (exact) mass is 296 g/mol. The Bertz CT molecular complexity index is 461. The highest BCUT2D eigenvalue weighted by Crippen LogP contribution is 2.39. The predicted octanol–water partition coefficient (Wildman–Crippen LogP) is 2.64. The van der Waals surface area contributed by atoms with Crippen molar-refractivity contribution in [2.24, 2.45) is 0 Å². The number of hydrogen-bond acceptors (Lipinski definition) is 4. The number of fused-ring (bicyclic) bond motifs is 1. The van der Waals surface area contributed by atoms with Crippen LogP contribution in [0.5, 0.6) is 11.5 Å². The van der Waals surface area contributed by atoms with Crippen molar-refractivity contribution in [3.05, 3.63) is 22.7 Å². The van der Waals surface area contributed by atoms with Gasteiger partial charge in [0.15, 0.2) is 11.5 Å². The van der Waals surface area contributed by atoms with Crippen LogP contribution in [-0.2, 0) is 6.54 Å². The van der Waals surface area contributed by atoms with Gasteiger partial charge in [-0.2, -0.15) is 0 Å². The Morgan fingerprint density at radius 3 is 2.85 bits per heavy atom. The Morgan fingerprint density at radius 2 is 2.00 bits per heavy atom. The molecule has 3 rings (SSSR count). The van der Waals surface area contributed by atoms with Crippen LogP contribution in [0.2, 0.25) is 5.02 Å². The van der Waals surface area contributed by atoms with Crippen molar-refractivity contribution in [2.75, 3.05) is 33.0 Å². The Morgan fingerprint density at radius 1 is 1.15 bits per heavy atom. The van der Waals surface area contributed by atoms with Gasteiger partial charge < -0.3 is 19.7 Å². The van der Waals surface area contributed by atoms with Crippen molar-refractivity contribution >= 4 is 11.6 Å². The molecule has 0 radical (unpaired) electrons. The molecule has 1 N–H and O–H groups in total. The quantitative estimate of drug-likeness (QED) is 0.847. The number of nitrogens with zero attached hydrogens (tertiary/aromatic N) is 1. The lowest BCUT2D eigenvalue weighted by atomic mass is 10.1. The van der Waals surface area contributed by atoms with E-state index in [-0.39, 0.29) is 6.79 Å². The maximum atomic E-state index is 6.17. The van der Waals surface area contributed by atoms with Gasteiger partial charge in [0.05, 0.1) is 5.02 Å². The van der Waals surface area contributed by atoms with Crippen molar-refractivity contribution in [3.8, 4) is 11.5 Å². The normalized spacial score (nSPS) is 18.4. The molecule has 4 nitrogen and oxygen atoms in total. The second kappa shape index (κ2) is 6.66. The fraction of sp³-hybridized carbons (Fsp3) is 0.600. The minimum atomic E-state index is 0.265. The van der Waals surface area contributed by atoms with Gasteiger partial charge >= 0.3 is 0 Å². The molecule has 0 spiro atoms. The lowest BCUT2D eigenvalue weighted by molar-refractivity contribution is 0.174. The van der Waals surface area contributed by atoms with Gasteiger partial charge in [-0.15, -0.1) is 0 Å². The molecule has 2 aliphatic rings. The summed E-state index contributed by atoms with van der Waals surface area (Å²) in [5.41, 5.74) is 1.14. The van der Waals surface area contributed by atoms with E-state index in [1.54, 1.807) is 0 Å². The minimum absolute atomic E-state index is 0.265. The molecule has 1 saturated heterocycles. The van der Waals surface area contributed by atoms with Gasteiger partial charge in [-0.1, -0.05) is 18.0 Å². The fourth-order valence-corrected chi connectivity index (χ4v) is 3.06. The molecule has 0 unspecified atom stereocenters. The van der Waals surface area contributed by atoms with E-state index < -0.39 is 0 Å². The molecular formula is C15H21ClN2O2. The molecule has 0 atom stereocenters. The number of halogens is 1. The summed E-state index contributed by atoms with van der Waals surface area (Å²) in [5.74, 6) is 1.43. The number of benzene rings is 1. The van der Waals surface area contributed by atoms with Crippen LogP contribution in [0.25, 0.3) is 0 Å². The van der Waals surface area contributed by atoms with E-state index in [2.05, 4.69) is 10.2 Å². The van der Waals surface area contributed by atoms with Crippen LogP contribution in [0.15, 0.2) is 12.1 Å². The van der Waals surface area contributed by atoms with Gasteiger partial charge in [0.1, 0.15) is 0 Å². The summed E-state index contributed by atoms with van der Waals surface area (Å²) in [6.45, 7) is 5.70. The van der Waals surface area contributed by atoms with E-state index >= 15 is 0 Å². The molecular weight excluding hydrogens is 276 g/mol. The first-order chi connectivity index (χ1) is 9.83. The zero-order chi connectivity index (χ0) is 13.8. The van der Waals surface area contributed by atoms with E-state index in [4.69, 9.17) is 21.1 Å². The summed E-state index contributed by atoms with van der Waals surface area (Å²) < 4.78 is 10.7. The highest BCUT2D eigenvalue weighted by Gasteiger charge is 2.18. The molecule has 2 aliphatic heterocycles. The molecule has 1 aromatic rings. The molecule has 1 aromatic carbocycles. The minimum Gasteiger partial charge on any atom is -0.454 e. The van der Waals surface area contributed by atoms with Crippen molar-refractivity contribution in [1.29, 1.82) is 0 Å². The largest absolute Gasteiger partial charge is 0.454 e. The fourth-order valence-electron chi connectivity index (χ4n) is 2.78. The van der Waals surface area contributed by atoms with Gasteiger partial charge in [0.25, 0.3) is 0 Å². The van der Waals surface area contributed by atoms with Crippen LogP contribution in [0, 0.1) is 0 Å². The zero-order valence-corrected chi connectivity index (χ0v) is 12.4. The lowest BCUT2D eigenvalue weighted by Crippen LogP contribution is -2.35. The molecule has 5 heteroatoms. The predicted molar refractivity (Wildman–Crippen MR) is 79.6 cm³/mol. The van der Waals surface area contributed by atoms with E-state index in [9.17, 15) is 0 Å². The third-order valence-electron chi connectivity index (χ3n) is 3.87. The second-order valence-electron chi connectivity index (χ2n) is 5.39. The number of piperidine rings is 1. The maximum absolute atomic E-state index is 6.17. The Labute approximate surface area is 125 Å². The summed E-state index contributed by atoms with van der Waals surface area (Å²) in [6, 6.07) is 3.95. The third-order valence-corrected chi connectivity index (χ3v) is 4.15. The lowest BCUT2D eigenvalue weighted by Gasteiger charge is -2.26. The zero-order valence-electron chi connectivity index (χ0n) is 11.7.